The van der Waals surface area contributed by atoms with E-state index in [-0.39, 0.29) is 12.5 Å². The van der Waals surface area contributed by atoms with Gasteiger partial charge in [-0.3, -0.25) is 4.79 Å². The highest BCUT2D eigenvalue weighted by Gasteiger charge is 2.18. The minimum Gasteiger partial charge on any atom is -0.394 e. The average Bonchev–Trinajstić information content (AvgIpc) is 3.45. The van der Waals surface area contributed by atoms with Crippen LogP contribution in [0.5, 0.6) is 0 Å². The van der Waals surface area contributed by atoms with Crippen LogP contribution in [-0.2, 0) is 4.79 Å². The lowest BCUT2D eigenvalue weighted by Gasteiger charge is -2.19. The lowest BCUT2D eigenvalue weighted by molar-refractivity contribution is -0.123. The summed E-state index contributed by atoms with van der Waals surface area (Å²) in [5.74, 6) is -0.0748. The SMILES string of the molecule is CC/C=C\C/C=C\C/C=C\C/C=C\C/C=C\C/C=C\CCCCCCCCCCCCCCCCCCCCCCCCC(=O)NC(CO)C(O)/C=C/CC/C=C/CC/C=C/CCCCCCCCCCCCCCCCCC. The Morgan fingerprint density at radius 1 is 0.316 bits per heavy atom. The number of hydrogen-bond acceptors (Lipinski definition) is 3. The van der Waals surface area contributed by atoms with Crippen LogP contribution in [0.15, 0.2) is 109 Å². The maximum atomic E-state index is 12.5. The van der Waals surface area contributed by atoms with Gasteiger partial charge in [-0.15, -0.1) is 0 Å². The summed E-state index contributed by atoms with van der Waals surface area (Å²) in [5, 5.41) is 23.2. The van der Waals surface area contributed by atoms with E-state index >= 15 is 0 Å². The van der Waals surface area contributed by atoms with E-state index < -0.39 is 12.1 Å². The van der Waals surface area contributed by atoms with Gasteiger partial charge in [-0.1, -0.05) is 348 Å². The van der Waals surface area contributed by atoms with E-state index in [0.29, 0.717) is 6.42 Å². The van der Waals surface area contributed by atoms with Gasteiger partial charge < -0.3 is 15.5 Å². The zero-order valence-corrected chi connectivity index (χ0v) is 52.6. The fraction of sp³-hybridized carbons (Fsp3) is 0.747. The Balaban J connectivity index is 3.50. The molecule has 0 aliphatic carbocycles. The van der Waals surface area contributed by atoms with Gasteiger partial charge in [-0.25, -0.2) is 0 Å². The van der Waals surface area contributed by atoms with Crippen molar-refractivity contribution in [3.05, 3.63) is 109 Å². The Morgan fingerprint density at radius 2 is 0.570 bits per heavy atom. The number of carbonyl (C=O) groups is 1. The predicted molar refractivity (Wildman–Crippen MR) is 354 cm³/mol. The van der Waals surface area contributed by atoms with E-state index in [1.54, 1.807) is 6.08 Å². The molecule has 1 amide bonds. The molecule has 0 fully saturated rings. The largest absolute Gasteiger partial charge is 0.394 e. The molecule has 2 unspecified atom stereocenters. The number of aliphatic hydroxyl groups is 2. The van der Waals surface area contributed by atoms with E-state index in [0.717, 1.165) is 77.0 Å². The molecule has 4 heteroatoms. The standard InChI is InChI=1S/C75H133NO3/c1-3-5-7-9-11-13-15-17-19-21-23-25-27-29-31-32-33-34-35-36-37-38-39-40-41-42-43-44-45-47-49-51-53-55-57-59-61-63-65-67-69-71-75(79)76-73(72-77)74(78)70-68-66-64-62-60-58-56-54-52-50-48-46-30-28-26-24-22-20-18-16-14-12-10-8-6-4-2/h5,7,11,13,17,19,23,25,29,31,33-34,52,54,60,62,68,70,73-74,77-78H,3-4,6,8-10,12,14-16,18,20-22,24,26-28,30,32,35-51,53,55-59,61,63-67,69,71-72H2,1-2H3,(H,76,79)/b7-5-,13-11-,19-17-,25-23-,31-29-,34-33-,54-52+,62-60+,70-68+. The van der Waals surface area contributed by atoms with Crippen LogP contribution >= 0.6 is 0 Å². The second kappa shape index (κ2) is 69.3. The van der Waals surface area contributed by atoms with Gasteiger partial charge in [-0.2, -0.15) is 0 Å². The normalized spacial score (nSPS) is 13.4. The molecule has 0 spiro atoms. The molecule has 2 atom stereocenters. The Morgan fingerprint density at radius 3 is 0.886 bits per heavy atom. The molecule has 456 valence electrons. The molecule has 0 saturated carbocycles. The van der Waals surface area contributed by atoms with Crippen LogP contribution in [0.1, 0.15) is 341 Å². The van der Waals surface area contributed by atoms with Crippen molar-refractivity contribution in [2.75, 3.05) is 6.61 Å². The van der Waals surface area contributed by atoms with Crippen molar-refractivity contribution in [3.8, 4) is 0 Å². The number of rotatable bonds is 63. The van der Waals surface area contributed by atoms with Gasteiger partial charge >= 0.3 is 0 Å². The van der Waals surface area contributed by atoms with Crippen LogP contribution in [0, 0.1) is 0 Å². The number of amides is 1. The van der Waals surface area contributed by atoms with Crippen molar-refractivity contribution in [2.45, 2.75) is 353 Å². The Labute approximate surface area is 493 Å². The first-order valence-corrected chi connectivity index (χ1v) is 34.6. The van der Waals surface area contributed by atoms with E-state index in [9.17, 15) is 15.0 Å². The molecule has 0 aromatic rings. The third kappa shape index (κ3) is 65.7. The first-order valence-electron chi connectivity index (χ1n) is 34.6. The maximum absolute atomic E-state index is 12.5. The summed E-state index contributed by atoms with van der Waals surface area (Å²) in [5.41, 5.74) is 0. The minimum absolute atomic E-state index is 0.0748. The van der Waals surface area contributed by atoms with Crippen molar-refractivity contribution in [1.82, 2.24) is 5.32 Å². The zero-order chi connectivity index (χ0) is 56.9. The van der Waals surface area contributed by atoms with E-state index in [4.69, 9.17) is 0 Å². The number of unbranched alkanes of at least 4 members (excludes halogenated alkanes) is 40. The molecule has 79 heavy (non-hydrogen) atoms. The van der Waals surface area contributed by atoms with E-state index in [1.165, 1.54) is 244 Å². The second-order valence-corrected chi connectivity index (χ2v) is 23.2. The Hall–Kier alpha value is -2.95. The number of hydrogen-bond donors (Lipinski definition) is 3. The highest BCUT2D eigenvalue weighted by atomic mass is 16.3. The first kappa shape index (κ1) is 76.0. The molecular formula is C75H133NO3. The number of nitrogens with one attached hydrogen (secondary N) is 1. The maximum Gasteiger partial charge on any atom is 0.220 e. The summed E-state index contributed by atoms with van der Waals surface area (Å²) in [7, 11) is 0. The molecule has 0 radical (unpaired) electrons. The molecule has 0 aromatic carbocycles. The summed E-state index contributed by atoms with van der Waals surface area (Å²) in [6.07, 6.45) is 105. The van der Waals surface area contributed by atoms with Gasteiger partial charge in [0.1, 0.15) is 0 Å². The van der Waals surface area contributed by atoms with Crippen molar-refractivity contribution < 1.29 is 15.0 Å². The summed E-state index contributed by atoms with van der Waals surface area (Å²) in [6.45, 7) is 4.20. The lowest BCUT2D eigenvalue weighted by Crippen LogP contribution is -2.45. The van der Waals surface area contributed by atoms with Gasteiger partial charge in [0.15, 0.2) is 0 Å². The molecule has 0 aliphatic rings. The van der Waals surface area contributed by atoms with Gasteiger partial charge in [0.2, 0.25) is 5.91 Å². The summed E-state index contributed by atoms with van der Waals surface area (Å²) >= 11 is 0. The van der Waals surface area contributed by atoms with Crippen molar-refractivity contribution in [3.63, 3.8) is 0 Å². The predicted octanol–water partition coefficient (Wildman–Crippen LogP) is 23.8. The fourth-order valence-electron chi connectivity index (χ4n) is 10.3. The monoisotopic (exact) mass is 1100 g/mol. The quantitative estimate of drug-likeness (QED) is 0.0420. The number of allylic oxidation sites excluding steroid dienone is 17. The summed E-state index contributed by atoms with van der Waals surface area (Å²) in [6, 6.07) is -0.650. The van der Waals surface area contributed by atoms with E-state index in [2.05, 4.69) is 116 Å². The number of carbonyl (C=O) groups excluding carboxylic acids is 1. The van der Waals surface area contributed by atoms with Gasteiger partial charge in [-0.05, 0) is 96.3 Å². The zero-order valence-electron chi connectivity index (χ0n) is 52.6. The third-order valence-electron chi connectivity index (χ3n) is 15.5. The van der Waals surface area contributed by atoms with E-state index in [1.807, 2.05) is 6.08 Å². The Kier molecular flexibility index (Phi) is 66.7. The molecule has 0 bridgehead atoms. The molecule has 0 heterocycles. The van der Waals surface area contributed by atoms with Crippen molar-refractivity contribution in [1.29, 1.82) is 0 Å². The van der Waals surface area contributed by atoms with Crippen LogP contribution in [0.3, 0.4) is 0 Å². The smallest absolute Gasteiger partial charge is 0.220 e. The number of aliphatic hydroxyl groups excluding tert-OH is 2. The van der Waals surface area contributed by atoms with Crippen LogP contribution in [0.2, 0.25) is 0 Å². The highest BCUT2D eigenvalue weighted by molar-refractivity contribution is 5.76. The third-order valence-corrected chi connectivity index (χ3v) is 15.5. The first-order chi connectivity index (χ1) is 39.2. The average molecular weight is 1100 g/mol. The molecule has 0 saturated heterocycles. The Bertz CT molecular complexity index is 1480. The molecule has 4 nitrogen and oxygen atoms in total. The van der Waals surface area contributed by atoms with Crippen LogP contribution < -0.4 is 5.32 Å². The second-order valence-electron chi connectivity index (χ2n) is 23.2. The lowest BCUT2D eigenvalue weighted by atomic mass is 10.0. The molecule has 0 aliphatic heterocycles. The van der Waals surface area contributed by atoms with Gasteiger partial charge in [0.25, 0.3) is 0 Å². The van der Waals surface area contributed by atoms with Gasteiger partial charge in [0, 0.05) is 6.42 Å². The van der Waals surface area contributed by atoms with Crippen LogP contribution in [-0.4, -0.2) is 34.9 Å². The summed E-state index contributed by atoms with van der Waals surface area (Å²) < 4.78 is 0. The summed E-state index contributed by atoms with van der Waals surface area (Å²) in [4.78, 5) is 12.5. The minimum atomic E-state index is -0.875. The van der Waals surface area contributed by atoms with Crippen molar-refractivity contribution >= 4 is 5.91 Å². The van der Waals surface area contributed by atoms with Crippen LogP contribution in [0.25, 0.3) is 0 Å². The molecule has 0 aromatic heterocycles. The van der Waals surface area contributed by atoms with Crippen molar-refractivity contribution in [2.24, 2.45) is 0 Å². The molecule has 0 rings (SSSR count). The highest BCUT2D eigenvalue weighted by Crippen LogP contribution is 2.18. The topological polar surface area (TPSA) is 69.6 Å². The fourth-order valence-corrected chi connectivity index (χ4v) is 10.3. The van der Waals surface area contributed by atoms with Gasteiger partial charge in [0.05, 0.1) is 18.8 Å². The molecular weight excluding hydrogens is 963 g/mol. The molecule has 3 N–H and O–H groups in total. The van der Waals surface area contributed by atoms with Crippen LogP contribution in [0.4, 0.5) is 0 Å².